The van der Waals surface area contributed by atoms with Crippen LogP contribution in [0.3, 0.4) is 0 Å². The summed E-state index contributed by atoms with van der Waals surface area (Å²) in [7, 11) is 1.96. The predicted octanol–water partition coefficient (Wildman–Crippen LogP) is -0.290. The number of urea groups is 1. The number of nitrogens with one attached hydrogen (secondary N) is 2. The minimum absolute atomic E-state index is 0.355. The molecular weight excluding hydrogens is 198 g/mol. The number of carboxylic acid groups (broad SMARTS) is 1. The van der Waals surface area contributed by atoms with Gasteiger partial charge < -0.3 is 20.6 Å². The second kappa shape index (κ2) is 7.05. The van der Waals surface area contributed by atoms with Crippen LogP contribution >= 0.6 is 0 Å². The molecule has 0 aliphatic carbocycles. The SMILES string of the molecule is CC(C)N(C)CCNC(=O)NCC(=O)O. The van der Waals surface area contributed by atoms with Gasteiger partial charge in [0.25, 0.3) is 0 Å². The summed E-state index contributed by atoms with van der Waals surface area (Å²) in [5.41, 5.74) is 0. The summed E-state index contributed by atoms with van der Waals surface area (Å²) in [6, 6.07) is -0.0246. The Kier molecular flexibility index (Phi) is 6.44. The van der Waals surface area contributed by atoms with Gasteiger partial charge in [-0.2, -0.15) is 0 Å². The van der Waals surface area contributed by atoms with E-state index >= 15 is 0 Å². The number of amides is 2. The minimum Gasteiger partial charge on any atom is -0.480 e. The van der Waals surface area contributed by atoms with E-state index in [1.807, 2.05) is 7.05 Å². The third kappa shape index (κ3) is 7.75. The molecule has 6 nitrogen and oxygen atoms in total. The molecule has 0 spiro atoms. The number of likely N-dealkylation sites (N-methyl/N-ethyl adjacent to an activating group) is 1. The molecule has 0 aromatic heterocycles. The number of hydrogen-bond donors (Lipinski definition) is 3. The lowest BCUT2D eigenvalue weighted by atomic mass is 10.3. The summed E-state index contributed by atoms with van der Waals surface area (Å²) in [5, 5.41) is 13.1. The number of rotatable bonds is 6. The van der Waals surface area contributed by atoms with Crippen LogP contribution in [0.1, 0.15) is 13.8 Å². The molecule has 15 heavy (non-hydrogen) atoms. The Morgan fingerprint density at radius 3 is 2.40 bits per heavy atom. The van der Waals surface area contributed by atoms with Crippen molar-refractivity contribution in [1.82, 2.24) is 15.5 Å². The van der Waals surface area contributed by atoms with Gasteiger partial charge >= 0.3 is 12.0 Å². The first kappa shape index (κ1) is 13.7. The van der Waals surface area contributed by atoms with Gasteiger partial charge in [-0.25, -0.2) is 4.79 Å². The van der Waals surface area contributed by atoms with Crippen molar-refractivity contribution in [2.24, 2.45) is 0 Å². The maximum atomic E-state index is 11.0. The van der Waals surface area contributed by atoms with Gasteiger partial charge in [-0.3, -0.25) is 4.79 Å². The zero-order chi connectivity index (χ0) is 11.8. The average molecular weight is 217 g/mol. The Morgan fingerprint density at radius 2 is 1.93 bits per heavy atom. The lowest BCUT2D eigenvalue weighted by Crippen LogP contribution is -2.42. The Morgan fingerprint density at radius 1 is 1.33 bits per heavy atom. The van der Waals surface area contributed by atoms with E-state index < -0.39 is 12.0 Å². The quantitative estimate of drug-likeness (QED) is 0.571. The second-order valence-corrected chi connectivity index (χ2v) is 3.58. The Bertz CT molecular complexity index is 219. The maximum absolute atomic E-state index is 11.0. The molecule has 0 bridgehead atoms. The van der Waals surface area contributed by atoms with E-state index in [9.17, 15) is 9.59 Å². The molecular formula is C9H19N3O3. The molecule has 0 aliphatic rings. The molecule has 88 valence electrons. The van der Waals surface area contributed by atoms with Crippen LogP contribution in [0, 0.1) is 0 Å². The van der Waals surface area contributed by atoms with Crippen LogP contribution in [0.4, 0.5) is 4.79 Å². The van der Waals surface area contributed by atoms with Crippen LogP contribution in [-0.4, -0.2) is 54.7 Å². The highest BCUT2D eigenvalue weighted by Gasteiger charge is 2.05. The van der Waals surface area contributed by atoms with E-state index in [-0.39, 0.29) is 6.54 Å². The second-order valence-electron chi connectivity index (χ2n) is 3.58. The predicted molar refractivity (Wildman–Crippen MR) is 56.8 cm³/mol. The van der Waals surface area contributed by atoms with Gasteiger partial charge in [-0.1, -0.05) is 0 Å². The monoisotopic (exact) mass is 217 g/mol. The largest absolute Gasteiger partial charge is 0.480 e. The zero-order valence-corrected chi connectivity index (χ0v) is 9.41. The van der Waals surface area contributed by atoms with Gasteiger partial charge in [-0.05, 0) is 20.9 Å². The molecule has 2 amide bonds. The molecule has 0 aromatic carbocycles. The smallest absolute Gasteiger partial charge is 0.323 e. The van der Waals surface area contributed by atoms with E-state index in [4.69, 9.17) is 5.11 Å². The topological polar surface area (TPSA) is 81.7 Å². The summed E-state index contributed by atoms with van der Waals surface area (Å²) >= 11 is 0. The zero-order valence-electron chi connectivity index (χ0n) is 9.41. The molecule has 0 saturated carbocycles. The van der Waals surface area contributed by atoms with E-state index in [2.05, 4.69) is 29.4 Å². The number of carbonyl (C=O) groups is 2. The summed E-state index contributed by atoms with van der Waals surface area (Å²) in [6.45, 7) is 5.00. The van der Waals surface area contributed by atoms with Crippen LogP contribution in [0.2, 0.25) is 0 Å². The van der Waals surface area contributed by atoms with Crippen molar-refractivity contribution in [1.29, 1.82) is 0 Å². The number of hydrogen-bond acceptors (Lipinski definition) is 3. The fraction of sp³-hybridized carbons (Fsp3) is 0.778. The van der Waals surface area contributed by atoms with E-state index in [0.717, 1.165) is 6.54 Å². The molecule has 0 heterocycles. The van der Waals surface area contributed by atoms with Gasteiger partial charge in [0.05, 0.1) is 0 Å². The lowest BCUT2D eigenvalue weighted by Gasteiger charge is -2.20. The fourth-order valence-electron chi connectivity index (χ4n) is 0.822. The summed E-state index contributed by atoms with van der Waals surface area (Å²) < 4.78 is 0. The van der Waals surface area contributed by atoms with Crippen molar-refractivity contribution in [2.45, 2.75) is 19.9 Å². The van der Waals surface area contributed by atoms with Crippen molar-refractivity contribution >= 4 is 12.0 Å². The molecule has 0 atom stereocenters. The van der Waals surface area contributed by atoms with Crippen LogP contribution in [0.25, 0.3) is 0 Å². The number of nitrogens with zero attached hydrogens (tertiary/aromatic N) is 1. The van der Waals surface area contributed by atoms with E-state index in [1.165, 1.54) is 0 Å². The molecule has 0 unspecified atom stereocenters. The molecule has 6 heteroatoms. The third-order valence-electron chi connectivity index (χ3n) is 2.03. The van der Waals surface area contributed by atoms with Gasteiger partial charge in [0.1, 0.15) is 6.54 Å². The molecule has 0 fully saturated rings. The first-order chi connectivity index (χ1) is 6.93. The van der Waals surface area contributed by atoms with E-state index in [0.29, 0.717) is 12.6 Å². The first-order valence-corrected chi connectivity index (χ1v) is 4.87. The number of carbonyl (C=O) groups excluding carboxylic acids is 1. The molecule has 0 radical (unpaired) electrons. The fourth-order valence-corrected chi connectivity index (χ4v) is 0.822. The maximum Gasteiger partial charge on any atom is 0.323 e. The average Bonchev–Trinajstić information content (AvgIpc) is 2.14. The standard InChI is InChI=1S/C9H19N3O3/c1-7(2)12(3)5-4-10-9(15)11-6-8(13)14/h7H,4-6H2,1-3H3,(H,13,14)(H2,10,11,15). The highest BCUT2D eigenvalue weighted by molar-refractivity contribution is 5.79. The van der Waals surface area contributed by atoms with Crippen molar-refractivity contribution in [3.63, 3.8) is 0 Å². The van der Waals surface area contributed by atoms with Crippen LogP contribution in [0.15, 0.2) is 0 Å². The van der Waals surface area contributed by atoms with Crippen LogP contribution < -0.4 is 10.6 Å². The van der Waals surface area contributed by atoms with Crippen molar-refractivity contribution in [3.8, 4) is 0 Å². The molecule has 0 rings (SSSR count). The molecule has 0 aromatic rings. The van der Waals surface area contributed by atoms with Gasteiger partial charge in [0, 0.05) is 19.1 Å². The molecule has 0 saturated heterocycles. The Hall–Kier alpha value is -1.30. The van der Waals surface area contributed by atoms with Crippen molar-refractivity contribution in [3.05, 3.63) is 0 Å². The highest BCUT2D eigenvalue weighted by atomic mass is 16.4. The first-order valence-electron chi connectivity index (χ1n) is 4.87. The van der Waals surface area contributed by atoms with Crippen LogP contribution in [-0.2, 0) is 4.79 Å². The van der Waals surface area contributed by atoms with Crippen molar-refractivity contribution < 1.29 is 14.7 Å². The molecule has 0 aliphatic heterocycles. The molecule has 3 N–H and O–H groups in total. The van der Waals surface area contributed by atoms with E-state index in [1.54, 1.807) is 0 Å². The number of carboxylic acids is 1. The summed E-state index contributed by atoms with van der Waals surface area (Å²) in [5.74, 6) is -1.05. The van der Waals surface area contributed by atoms with Gasteiger partial charge in [-0.15, -0.1) is 0 Å². The number of aliphatic carboxylic acids is 1. The minimum atomic E-state index is -1.05. The highest BCUT2D eigenvalue weighted by Crippen LogP contribution is 1.90. The van der Waals surface area contributed by atoms with Gasteiger partial charge in [0.2, 0.25) is 0 Å². The van der Waals surface area contributed by atoms with Crippen LogP contribution in [0.5, 0.6) is 0 Å². The van der Waals surface area contributed by atoms with Gasteiger partial charge in [0.15, 0.2) is 0 Å². The Balaban J connectivity index is 3.51. The lowest BCUT2D eigenvalue weighted by molar-refractivity contribution is -0.135. The third-order valence-corrected chi connectivity index (χ3v) is 2.03. The summed E-state index contributed by atoms with van der Waals surface area (Å²) in [4.78, 5) is 23.2. The normalized spacial score (nSPS) is 10.5. The van der Waals surface area contributed by atoms with Crippen molar-refractivity contribution in [2.75, 3.05) is 26.7 Å². The Labute approximate surface area is 89.6 Å². The summed E-state index contributed by atoms with van der Waals surface area (Å²) in [6.07, 6.45) is 0.